The highest BCUT2D eigenvalue weighted by molar-refractivity contribution is 5.88. The van der Waals surface area contributed by atoms with Crippen LogP contribution >= 0.6 is 0 Å². The monoisotopic (exact) mass is 582 g/mol. The molecule has 9 heteroatoms. The Morgan fingerprint density at radius 2 is 1.81 bits per heavy atom. The van der Waals surface area contributed by atoms with Gasteiger partial charge in [0.2, 0.25) is 5.56 Å². The van der Waals surface area contributed by atoms with Crippen LogP contribution < -0.4 is 15.8 Å². The summed E-state index contributed by atoms with van der Waals surface area (Å²) in [5.74, 6) is 0.679. The van der Waals surface area contributed by atoms with Crippen LogP contribution in [0, 0.1) is 11.8 Å². The van der Waals surface area contributed by atoms with E-state index in [4.69, 9.17) is 0 Å². The number of aromatic nitrogens is 1. The van der Waals surface area contributed by atoms with Gasteiger partial charge in [-0.25, -0.2) is 4.79 Å². The fourth-order valence-electron chi connectivity index (χ4n) is 6.99. The van der Waals surface area contributed by atoms with Gasteiger partial charge in [-0.2, -0.15) is 0 Å². The number of rotatable bonds is 10. The van der Waals surface area contributed by atoms with Gasteiger partial charge in [0, 0.05) is 30.2 Å². The van der Waals surface area contributed by atoms with Crippen molar-refractivity contribution in [2.75, 3.05) is 37.6 Å². The van der Waals surface area contributed by atoms with Crippen molar-refractivity contribution in [3.8, 4) is 5.75 Å². The largest absolute Gasteiger partial charge is 0.506 e. The van der Waals surface area contributed by atoms with Crippen LogP contribution in [-0.4, -0.2) is 64.0 Å². The topological polar surface area (TPSA) is 129 Å². The van der Waals surface area contributed by atoms with E-state index >= 15 is 0 Å². The van der Waals surface area contributed by atoms with Crippen molar-refractivity contribution in [3.63, 3.8) is 0 Å². The summed E-state index contributed by atoms with van der Waals surface area (Å²) >= 11 is 0. The smallest absolute Gasteiger partial charge is 0.412 e. The van der Waals surface area contributed by atoms with Gasteiger partial charge >= 0.3 is 6.09 Å². The molecule has 1 amide bonds. The first-order chi connectivity index (χ1) is 20.9. The third kappa shape index (κ3) is 6.15. The predicted octanol–water partition coefficient (Wildman–Crippen LogP) is 4.67. The van der Waals surface area contributed by atoms with Crippen LogP contribution in [-0.2, 0) is 6.42 Å². The number of piperidine rings is 3. The molecule has 0 spiro atoms. The number of hydrogen-bond donors (Lipinski definition) is 5. The van der Waals surface area contributed by atoms with Crippen molar-refractivity contribution in [2.24, 2.45) is 11.8 Å². The molecule has 5 N–H and O–H groups in total. The van der Waals surface area contributed by atoms with Crippen LogP contribution in [0.5, 0.6) is 5.75 Å². The van der Waals surface area contributed by atoms with E-state index in [1.54, 1.807) is 17.0 Å². The number of phenolic OH excluding ortho intramolecular Hbond substituents is 1. The maximum absolute atomic E-state index is 12.9. The Morgan fingerprint density at radius 3 is 2.53 bits per heavy atom. The molecule has 0 aliphatic carbocycles. The molecule has 43 heavy (non-hydrogen) atoms. The maximum atomic E-state index is 12.9. The van der Waals surface area contributed by atoms with Gasteiger partial charge in [-0.05, 0) is 91.7 Å². The van der Waals surface area contributed by atoms with Gasteiger partial charge in [0.15, 0.2) is 0 Å². The molecule has 3 fully saturated rings. The summed E-state index contributed by atoms with van der Waals surface area (Å²) in [4.78, 5) is 31.3. The fourth-order valence-corrected chi connectivity index (χ4v) is 6.99. The molecular weight excluding hydrogens is 544 g/mol. The lowest BCUT2D eigenvalue weighted by Crippen LogP contribution is -2.53. The van der Waals surface area contributed by atoms with Crippen LogP contribution in [0.3, 0.4) is 0 Å². The van der Waals surface area contributed by atoms with Crippen LogP contribution in [0.2, 0.25) is 0 Å². The summed E-state index contributed by atoms with van der Waals surface area (Å²) < 4.78 is 0. The van der Waals surface area contributed by atoms with Crippen molar-refractivity contribution >= 4 is 22.7 Å². The average Bonchev–Trinajstić information content (AvgIpc) is 3.03. The Morgan fingerprint density at radius 1 is 1.02 bits per heavy atom. The second-order valence-electron chi connectivity index (χ2n) is 11.7. The number of aromatic amines is 1. The van der Waals surface area contributed by atoms with Gasteiger partial charge in [-0.15, -0.1) is 0 Å². The molecule has 3 saturated heterocycles. The van der Waals surface area contributed by atoms with Crippen molar-refractivity contribution in [3.05, 3.63) is 106 Å². The van der Waals surface area contributed by atoms with Gasteiger partial charge in [-0.3, -0.25) is 9.69 Å². The first-order valence-corrected chi connectivity index (χ1v) is 15.0. The maximum Gasteiger partial charge on any atom is 0.412 e. The summed E-state index contributed by atoms with van der Waals surface area (Å²) in [6.07, 6.45) is 1.06. The molecule has 224 valence electrons. The van der Waals surface area contributed by atoms with E-state index in [-0.39, 0.29) is 29.8 Å². The van der Waals surface area contributed by atoms with Gasteiger partial charge in [0.1, 0.15) is 5.75 Å². The molecule has 3 atom stereocenters. The molecule has 3 aliphatic rings. The second kappa shape index (κ2) is 12.6. The van der Waals surface area contributed by atoms with Crippen LogP contribution in [0.25, 0.3) is 10.9 Å². The molecule has 4 heterocycles. The predicted molar refractivity (Wildman–Crippen MR) is 167 cm³/mol. The van der Waals surface area contributed by atoms with E-state index in [2.05, 4.69) is 15.2 Å². The van der Waals surface area contributed by atoms with Crippen LogP contribution in [0.1, 0.15) is 41.7 Å². The number of aliphatic hydroxyl groups is 1. The number of carbonyl (C=O) groups is 1. The average molecular weight is 583 g/mol. The lowest BCUT2D eigenvalue weighted by molar-refractivity contribution is 0.0358. The van der Waals surface area contributed by atoms with E-state index < -0.39 is 12.2 Å². The number of pyridine rings is 1. The second-order valence-corrected chi connectivity index (χ2v) is 11.7. The third-order valence-electron chi connectivity index (χ3n) is 9.12. The molecule has 3 aromatic carbocycles. The number of aliphatic hydroxyl groups excluding tert-OH is 1. The summed E-state index contributed by atoms with van der Waals surface area (Å²) in [6, 6.07) is 23.6. The zero-order chi connectivity index (χ0) is 29.9. The molecule has 9 nitrogen and oxygen atoms in total. The first kappa shape index (κ1) is 28.9. The Balaban J connectivity index is 1.16. The molecule has 3 aliphatic heterocycles. The highest BCUT2D eigenvalue weighted by Gasteiger charge is 2.43. The van der Waals surface area contributed by atoms with Crippen molar-refractivity contribution in [1.82, 2.24) is 15.2 Å². The van der Waals surface area contributed by atoms with Gasteiger partial charge in [0.05, 0.1) is 17.7 Å². The van der Waals surface area contributed by atoms with E-state index in [0.29, 0.717) is 41.0 Å². The fraction of sp³-hybridized carbons (Fsp3) is 0.353. The van der Waals surface area contributed by atoms with Crippen LogP contribution in [0.4, 0.5) is 10.5 Å². The summed E-state index contributed by atoms with van der Waals surface area (Å²) in [7, 11) is 0. The highest BCUT2D eigenvalue weighted by atomic mass is 16.4. The summed E-state index contributed by atoms with van der Waals surface area (Å²) in [5.41, 5.74) is 3.27. The number of hydrogen-bond acceptors (Lipinski definition) is 6. The number of aromatic hydroxyl groups is 1. The molecule has 4 aromatic rings. The minimum absolute atomic E-state index is 0.0464. The normalized spacial score (nSPS) is 21.0. The number of carboxylic acid groups (broad SMARTS) is 1. The Hall–Kier alpha value is -4.18. The first-order valence-electron chi connectivity index (χ1n) is 15.0. The molecule has 2 bridgehead atoms. The minimum Gasteiger partial charge on any atom is -0.506 e. The van der Waals surface area contributed by atoms with Gasteiger partial charge in [-0.1, -0.05) is 48.5 Å². The van der Waals surface area contributed by atoms with Crippen LogP contribution in [0.15, 0.2) is 83.7 Å². The number of amides is 1. The number of H-pyrrole nitrogens is 1. The number of anilines is 1. The zero-order valence-corrected chi connectivity index (χ0v) is 24.0. The van der Waals surface area contributed by atoms with Gasteiger partial charge in [0.25, 0.3) is 0 Å². The zero-order valence-electron chi connectivity index (χ0n) is 24.0. The Bertz CT molecular complexity index is 1630. The molecule has 0 radical (unpaired) electrons. The lowest BCUT2D eigenvalue weighted by atomic mass is 9.73. The molecule has 1 aromatic heterocycles. The molecule has 1 unspecified atom stereocenters. The number of nitrogens with zero attached hydrogens (tertiary/aromatic N) is 2. The molecule has 0 saturated carbocycles. The highest BCUT2D eigenvalue weighted by Crippen LogP contribution is 2.44. The number of phenols is 1. The SMILES string of the molecule is O=C(O)N(c1cccc(CCNC[C@H](O)c2ccc(O)c3[nH]c(=O)ccc23)c1)[C@@H](c1ccccc1)C1CN2CCC1CC2. The van der Waals surface area contributed by atoms with Gasteiger partial charge < -0.3 is 30.5 Å². The Kier molecular flexibility index (Phi) is 8.47. The van der Waals surface area contributed by atoms with Crippen molar-refractivity contribution in [1.29, 1.82) is 0 Å². The number of nitrogens with one attached hydrogen (secondary N) is 2. The van der Waals surface area contributed by atoms with E-state index in [1.807, 2.05) is 54.6 Å². The molecular formula is C34H38N4O5. The number of fused-ring (bicyclic) bond motifs is 4. The standard InChI is InChI=1S/C34H38N4O5/c39-29-11-9-26(27-10-12-31(41)36-32(27)29)30(40)20-35-16-13-22-5-4-8-25(19-22)38(34(42)43)33(24-6-2-1-3-7-24)28-21-37-17-14-23(28)15-18-37/h1-12,19,23,28,30,33,35,39-40H,13-18,20-21H2,(H,36,41)(H,42,43)/t28?,30-,33-/m0/s1. The van der Waals surface area contributed by atoms with E-state index in [1.165, 1.54) is 12.1 Å². The number of benzene rings is 3. The van der Waals surface area contributed by atoms with E-state index in [0.717, 1.165) is 43.6 Å². The summed E-state index contributed by atoms with van der Waals surface area (Å²) in [6.45, 7) is 3.94. The quantitative estimate of drug-likeness (QED) is 0.172. The minimum atomic E-state index is -0.953. The van der Waals surface area contributed by atoms with E-state index in [9.17, 15) is 24.9 Å². The van der Waals surface area contributed by atoms with Crippen molar-refractivity contribution in [2.45, 2.75) is 31.4 Å². The lowest BCUT2D eigenvalue weighted by Gasteiger charge is -2.49. The molecule has 7 rings (SSSR count). The summed E-state index contributed by atoms with van der Waals surface area (Å²) in [5, 5.41) is 35.5. The van der Waals surface area contributed by atoms with Crippen molar-refractivity contribution < 1.29 is 20.1 Å². The Labute approximate surface area is 250 Å². The third-order valence-corrected chi connectivity index (χ3v) is 9.12.